The lowest BCUT2D eigenvalue weighted by Gasteiger charge is -2.11. The molecule has 0 saturated carbocycles. The normalized spacial score (nSPS) is 11.9. The maximum absolute atomic E-state index is 12.0. The molecule has 2 N–H and O–H groups in total. The van der Waals surface area contributed by atoms with Crippen molar-refractivity contribution in [3.63, 3.8) is 0 Å². The van der Waals surface area contributed by atoms with Crippen molar-refractivity contribution in [2.24, 2.45) is 5.92 Å². The van der Waals surface area contributed by atoms with Crippen LogP contribution in [0.25, 0.3) is 0 Å². The molecule has 0 heterocycles. The van der Waals surface area contributed by atoms with E-state index in [1.807, 2.05) is 6.07 Å². The molecule has 0 saturated heterocycles. The van der Waals surface area contributed by atoms with Gasteiger partial charge < -0.3 is 15.2 Å². The average Bonchev–Trinajstić information content (AvgIpc) is 2.43. The smallest absolute Gasteiger partial charge is 0.331 e. The zero-order chi connectivity index (χ0) is 16.0. The summed E-state index contributed by atoms with van der Waals surface area (Å²) in [7, 11) is 0. The Labute approximate surface area is 124 Å². The second-order valence-electron chi connectivity index (χ2n) is 5.24. The minimum atomic E-state index is -1.10. The maximum atomic E-state index is 12.0. The Hall–Kier alpha value is -2.30. The first kappa shape index (κ1) is 16.8. The number of anilines is 1. The quantitative estimate of drug-likeness (QED) is 0.790. The van der Waals surface area contributed by atoms with Crippen LogP contribution in [0, 0.1) is 5.92 Å². The Balaban J connectivity index is 2.79. The van der Waals surface area contributed by atoms with Crippen LogP contribution in [-0.4, -0.2) is 23.6 Å². The molecule has 21 heavy (non-hydrogen) atoms. The largest absolute Gasteiger partial charge is 0.493 e. The number of carbonyl (C=O) groups excluding carboxylic acids is 1. The number of hydrogen-bond donors (Lipinski definition) is 2. The summed E-state index contributed by atoms with van der Waals surface area (Å²) in [5.74, 6) is -0.461. The van der Waals surface area contributed by atoms with Crippen molar-refractivity contribution in [3.8, 4) is 5.75 Å². The van der Waals surface area contributed by atoms with Crippen LogP contribution in [0.5, 0.6) is 5.75 Å². The van der Waals surface area contributed by atoms with E-state index < -0.39 is 11.9 Å². The third kappa shape index (κ3) is 5.30. The number of amides is 1. The number of nitrogens with one attached hydrogen (secondary N) is 1. The van der Waals surface area contributed by atoms with Crippen molar-refractivity contribution < 1.29 is 19.4 Å². The van der Waals surface area contributed by atoms with E-state index in [1.165, 1.54) is 13.8 Å². The molecule has 0 spiro atoms. The van der Waals surface area contributed by atoms with Gasteiger partial charge in [0.05, 0.1) is 6.61 Å². The molecule has 5 heteroatoms. The number of rotatable bonds is 6. The Bertz CT molecular complexity index is 561. The van der Waals surface area contributed by atoms with Crippen molar-refractivity contribution in [2.75, 3.05) is 11.9 Å². The minimum Gasteiger partial charge on any atom is -0.493 e. The number of benzene rings is 1. The molecule has 0 aliphatic rings. The van der Waals surface area contributed by atoms with Crippen LogP contribution in [0.2, 0.25) is 0 Å². The first-order chi connectivity index (χ1) is 9.81. The van der Waals surface area contributed by atoms with Gasteiger partial charge in [0.2, 0.25) is 0 Å². The standard InChI is InChI=1S/C16H21NO4/c1-10(2)9-21-14-7-5-6-13(8-14)17-15(18)11(3)12(4)16(19)20/h5-8,10H,9H2,1-4H3,(H,17,18)(H,19,20). The molecule has 1 rings (SSSR count). The van der Waals surface area contributed by atoms with Gasteiger partial charge in [-0.2, -0.15) is 0 Å². The second kappa shape index (κ2) is 7.47. The summed E-state index contributed by atoms with van der Waals surface area (Å²) in [6.45, 7) is 7.58. The highest BCUT2D eigenvalue weighted by Crippen LogP contribution is 2.19. The molecule has 0 aliphatic heterocycles. The Kier molecular flexibility index (Phi) is 5.96. The third-order valence-corrected chi connectivity index (χ3v) is 2.90. The summed E-state index contributed by atoms with van der Waals surface area (Å²) in [6.07, 6.45) is 0. The van der Waals surface area contributed by atoms with Crippen LogP contribution in [0.15, 0.2) is 35.4 Å². The van der Waals surface area contributed by atoms with Crippen molar-refractivity contribution in [1.82, 2.24) is 0 Å². The fourth-order valence-electron chi connectivity index (χ4n) is 1.48. The molecule has 1 aromatic rings. The topological polar surface area (TPSA) is 75.6 Å². The number of carbonyl (C=O) groups is 2. The Morgan fingerprint density at radius 3 is 2.48 bits per heavy atom. The van der Waals surface area contributed by atoms with Gasteiger partial charge in [0.1, 0.15) is 5.75 Å². The SMILES string of the molecule is CC(C(=O)O)=C(C)C(=O)Nc1cccc(OCC(C)C)c1. The minimum absolute atomic E-state index is 0.0275. The predicted octanol–water partition coefficient (Wildman–Crippen LogP) is 3.08. The summed E-state index contributed by atoms with van der Waals surface area (Å²) in [4.78, 5) is 22.8. The number of aliphatic carboxylic acids is 1. The monoisotopic (exact) mass is 291 g/mol. The van der Waals surface area contributed by atoms with Gasteiger partial charge in [-0.25, -0.2) is 4.79 Å². The molecule has 0 unspecified atom stereocenters. The van der Waals surface area contributed by atoms with E-state index in [2.05, 4.69) is 19.2 Å². The third-order valence-electron chi connectivity index (χ3n) is 2.90. The fourth-order valence-corrected chi connectivity index (χ4v) is 1.48. The van der Waals surface area contributed by atoms with Crippen LogP contribution in [0.1, 0.15) is 27.7 Å². The molecule has 0 aliphatic carbocycles. The molecule has 0 bridgehead atoms. The molecule has 0 atom stereocenters. The highest BCUT2D eigenvalue weighted by Gasteiger charge is 2.13. The van der Waals surface area contributed by atoms with E-state index in [4.69, 9.17) is 9.84 Å². The number of carboxylic acids is 1. The van der Waals surface area contributed by atoms with Gasteiger partial charge in [-0.3, -0.25) is 4.79 Å². The van der Waals surface area contributed by atoms with Crippen molar-refractivity contribution in [2.45, 2.75) is 27.7 Å². The lowest BCUT2D eigenvalue weighted by atomic mass is 10.1. The average molecular weight is 291 g/mol. The van der Waals surface area contributed by atoms with Crippen molar-refractivity contribution in [3.05, 3.63) is 35.4 Å². The molecule has 0 radical (unpaired) electrons. The van der Waals surface area contributed by atoms with Crippen LogP contribution in [0.4, 0.5) is 5.69 Å². The van der Waals surface area contributed by atoms with E-state index in [1.54, 1.807) is 18.2 Å². The van der Waals surface area contributed by atoms with Crippen molar-refractivity contribution in [1.29, 1.82) is 0 Å². The summed E-state index contributed by atoms with van der Waals surface area (Å²) in [5, 5.41) is 11.5. The van der Waals surface area contributed by atoms with Crippen LogP contribution >= 0.6 is 0 Å². The number of carboxylic acid groups (broad SMARTS) is 1. The first-order valence-electron chi connectivity index (χ1n) is 6.76. The van der Waals surface area contributed by atoms with Crippen molar-refractivity contribution >= 4 is 17.6 Å². The molecule has 114 valence electrons. The number of hydrogen-bond acceptors (Lipinski definition) is 3. The fraction of sp³-hybridized carbons (Fsp3) is 0.375. The van der Waals surface area contributed by atoms with E-state index in [9.17, 15) is 9.59 Å². The molecule has 0 fully saturated rings. The second-order valence-corrected chi connectivity index (χ2v) is 5.24. The molecule has 1 amide bonds. The first-order valence-corrected chi connectivity index (χ1v) is 6.76. The number of ether oxygens (including phenoxy) is 1. The zero-order valence-electron chi connectivity index (χ0n) is 12.8. The molecular weight excluding hydrogens is 270 g/mol. The van der Waals surface area contributed by atoms with Crippen LogP contribution in [0.3, 0.4) is 0 Å². The lowest BCUT2D eigenvalue weighted by Crippen LogP contribution is -2.16. The Morgan fingerprint density at radius 2 is 1.90 bits per heavy atom. The van der Waals surface area contributed by atoms with Gasteiger partial charge in [0.25, 0.3) is 5.91 Å². The lowest BCUT2D eigenvalue weighted by molar-refractivity contribution is -0.133. The molecular formula is C16H21NO4. The summed E-state index contributed by atoms with van der Waals surface area (Å²) in [6, 6.07) is 7.02. The van der Waals surface area contributed by atoms with E-state index in [-0.39, 0.29) is 11.1 Å². The Morgan fingerprint density at radius 1 is 1.24 bits per heavy atom. The van der Waals surface area contributed by atoms with Gasteiger partial charge in [-0.1, -0.05) is 19.9 Å². The van der Waals surface area contributed by atoms with E-state index >= 15 is 0 Å². The van der Waals surface area contributed by atoms with E-state index in [0.717, 1.165) is 0 Å². The molecule has 1 aromatic carbocycles. The van der Waals surface area contributed by atoms with Gasteiger partial charge in [-0.15, -0.1) is 0 Å². The predicted molar refractivity (Wildman–Crippen MR) is 81.4 cm³/mol. The van der Waals surface area contributed by atoms with Crippen LogP contribution in [-0.2, 0) is 9.59 Å². The molecule has 0 aromatic heterocycles. The van der Waals surface area contributed by atoms with Gasteiger partial charge in [0, 0.05) is 22.9 Å². The summed E-state index contributed by atoms with van der Waals surface area (Å²) in [5.41, 5.74) is 0.773. The maximum Gasteiger partial charge on any atom is 0.331 e. The summed E-state index contributed by atoms with van der Waals surface area (Å²) < 4.78 is 5.58. The van der Waals surface area contributed by atoms with Gasteiger partial charge >= 0.3 is 5.97 Å². The summed E-state index contributed by atoms with van der Waals surface area (Å²) >= 11 is 0. The highest BCUT2D eigenvalue weighted by atomic mass is 16.5. The molecule has 5 nitrogen and oxygen atoms in total. The van der Waals surface area contributed by atoms with Crippen LogP contribution < -0.4 is 10.1 Å². The van der Waals surface area contributed by atoms with Gasteiger partial charge in [0.15, 0.2) is 0 Å². The zero-order valence-corrected chi connectivity index (χ0v) is 12.8. The van der Waals surface area contributed by atoms with E-state index in [0.29, 0.717) is 24.0 Å². The van der Waals surface area contributed by atoms with Gasteiger partial charge in [-0.05, 0) is 31.9 Å². The highest BCUT2D eigenvalue weighted by molar-refractivity contribution is 6.08.